The summed E-state index contributed by atoms with van der Waals surface area (Å²) in [5, 5.41) is 0. The van der Waals surface area contributed by atoms with E-state index < -0.39 is 0 Å². The largest absolute Gasteiger partial charge is 0.375 e. The lowest BCUT2D eigenvalue weighted by atomic mass is 9.69. The van der Waals surface area contributed by atoms with Crippen LogP contribution < -0.4 is 0 Å². The van der Waals surface area contributed by atoms with E-state index in [4.69, 9.17) is 0 Å². The van der Waals surface area contributed by atoms with E-state index in [1.54, 1.807) is 11.1 Å². The van der Waals surface area contributed by atoms with Crippen LogP contribution in [0.4, 0.5) is 0 Å². The molecular weight excluding hydrogens is 278 g/mol. The van der Waals surface area contributed by atoms with Crippen molar-refractivity contribution in [3.63, 3.8) is 0 Å². The van der Waals surface area contributed by atoms with Crippen LogP contribution in [0.5, 0.6) is 0 Å². The zero-order valence-corrected chi connectivity index (χ0v) is 16.0. The van der Waals surface area contributed by atoms with Crippen LogP contribution in [-0.2, 0) is 0 Å². The highest BCUT2D eigenvalue weighted by atomic mass is 15.2. The molecule has 3 aliphatic rings. The van der Waals surface area contributed by atoms with Gasteiger partial charge in [-0.1, -0.05) is 58.4 Å². The predicted molar refractivity (Wildman–Crippen MR) is 102 cm³/mol. The van der Waals surface area contributed by atoms with E-state index in [0.717, 1.165) is 5.92 Å². The van der Waals surface area contributed by atoms with Gasteiger partial charge in [0.15, 0.2) is 0 Å². The Balaban J connectivity index is 0.000000924. The normalized spacial score (nSPS) is 27.6. The lowest BCUT2D eigenvalue weighted by Crippen LogP contribution is -2.30. The molecule has 0 amide bonds. The third-order valence-electron chi connectivity index (χ3n) is 6.07. The average Bonchev–Trinajstić information content (AvgIpc) is 3.00. The molecule has 1 aliphatic heterocycles. The highest BCUT2D eigenvalue weighted by Crippen LogP contribution is 2.48. The van der Waals surface area contributed by atoms with Crippen LogP contribution in [0, 0.1) is 11.3 Å². The third kappa shape index (κ3) is 4.31. The molecule has 23 heavy (non-hydrogen) atoms. The molecule has 1 heteroatoms. The van der Waals surface area contributed by atoms with Gasteiger partial charge in [0, 0.05) is 18.8 Å². The minimum Gasteiger partial charge on any atom is -0.375 e. The first-order valence-electron chi connectivity index (χ1n) is 9.92. The Morgan fingerprint density at radius 2 is 2.09 bits per heavy atom. The molecule has 3 rings (SSSR count). The first-order valence-corrected chi connectivity index (χ1v) is 9.92. The van der Waals surface area contributed by atoms with Crippen LogP contribution >= 0.6 is 0 Å². The van der Waals surface area contributed by atoms with Crippen molar-refractivity contribution in [1.82, 2.24) is 4.90 Å². The number of nitrogens with zero attached hydrogens (tertiary/aromatic N) is 1. The fourth-order valence-electron chi connectivity index (χ4n) is 4.39. The van der Waals surface area contributed by atoms with Crippen molar-refractivity contribution < 1.29 is 0 Å². The molecule has 0 radical (unpaired) electrons. The van der Waals surface area contributed by atoms with Crippen molar-refractivity contribution in [2.45, 2.75) is 79.1 Å². The maximum atomic E-state index is 4.39. The van der Waals surface area contributed by atoms with Crippen molar-refractivity contribution in [3.05, 3.63) is 35.6 Å². The van der Waals surface area contributed by atoms with E-state index in [0.29, 0.717) is 5.41 Å². The Morgan fingerprint density at radius 1 is 1.30 bits per heavy atom. The monoisotopic (exact) mass is 315 g/mol. The van der Waals surface area contributed by atoms with Crippen molar-refractivity contribution in [2.24, 2.45) is 11.3 Å². The fourth-order valence-corrected chi connectivity index (χ4v) is 4.39. The lowest BCUT2D eigenvalue weighted by Gasteiger charge is -2.37. The Hall–Kier alpha value is -0.980. The maximum absolute atomic E-state index is 4.39. The second-order valence-electron chi connectivity index (χ2n) is 7.70. The third-order valence-corrected chi connectivity index (χ3v) is 6.07. The Labute approximate surface area is 144 Å². The molecular formula is C22H37N. The Kier molecular flexibility index (Phi) is 6.56. The number of likely N-dealkylation sites (tertiary alicyclic amines) is 1. The highest BCUT2D eigenvalue weighted by molar-refractivity contribution is 5.33. The second-order valence-corrected chi connectivity index (χ2v) is 7.70. The molecule has 0 saturated carbocycles. The van der Waals surface area contributed by atoms with Gasteiger partial charge in [0.25, 0.3) is 0 Å². The Morgan fingerprint density at radius 3 is 2.83 bits per heavy atom. The quantitative estimate of drug-likeness (QED) is 0.573. The predicted octanol–water partition coefficient (Wildman–Crippen LogP) is 6.49. The van der Waals surface area contributed by atoms with Gasteiger partial charge in [-0.05, 0) is 61.9 Å². The smallest absolute Gasteiger partial charge is 0.0235 e. The lowest BCUT2D eigenvalue weighted by molar-refractivity contribution is 0.242. The van der Waals surface area contributed by atoms with Gasteiger partial charge < -0.3 is 4.90 Å². The van der Waals surface area contributed by atoms with Gasteiger partial charge in [-0.2, -0.15) is 0 Å². The zero-order valence-electron chi connectivity index (χ0n) is 16.0. The molecule has 0 N–H and O–H groups in total. The van der Waals surface area contributed by atoms with E-state index in [2.05, 4.69) is 37.5 Å². The standard InChI is InChI=1S/C20H31N.C2H6/c1-4-16(2)13-17(3)21-12-11-20(15-21)10-9-18-7-5-6-8-19(18)14-20;1-2/h5,7,16H,3-4,6,8-15H2,1-2H3;1-2H3. The number of hydrogen-bond donors (Lipinski definition) is 0. The first kappa shape index (κ1) is 18.4. The van der Waals surface area contributed by atoms with E-state index in [1.165, 1.54) is 70.2 Å². The summed E-state index contributed by atoms with van der Waals surface area (Å²) in [6.45, 7) is 15.5. The van der Waals surface area contributed by atoms with Gasteiger partial charge in [-0.3, -0.25) is 0 Å². The summed E-state index contributed by atoms with van der Waals surface area (Å²) in [6.07, 6.45) is 15.3. The summed E-state index contributed by atoms with van der Waals surface area (Å²) in [5.74, 6) is 0.776. The van der Waals surface area contributed by atoms with Crippen molar-refractivity contribution in [2.75, 3.05) is 13.1 Å². The maximum Gasteiger partial charge on any atom is 0.0235 e. The molecule has 0 aromatic carbocycles. The summed E-state index contributed by atoms with van der Waals surface area (Å²) in [7, 11) is 0. The van der Waals surface area contributed by atoms with Gasteiger partial charge in [0.05, 0.1) is 0 Å². The molecule has 1 nitrogen and oxygen atoms in total. The van der Waals surface area contributed by atoms with Crippen LogP contribution in [0.2, 0.25) is 0 Å². The average molecular weight is 316 g/mol. The number of rotatable bonds is 4. The van der Waals surface area contributed by atoms with E-state index >= 15 is 0 Å². The molecule has 1 spiro atoms. The van der Waals surface area contributed by atoms with Crippen LogP contribution in [-0.4, -0.2) is 18.0 Å². The van der Waals surface area contributed by atoms with Gasteiger partial charge in [0.2, 0.25) is 0 Å². The molecule has 1 saturated heterocycles. The van der Waals surface area contributed by atoms with Crippen molar-refractivity contribution >= 4 is 0 Å². The van der Waals surface area contributed by atoms with E-state index in [1.807, 2.05) is 13.8 Å². The van der Waals surface area contributed by atoms with Crippen molar-refractivity contribution in [1.29, 1.82) is 0 Å². The molecule has 0 aromatic rings. The molecule has 1 heterocycles. The molecule has 130 valence electrons. The van der Waals surface area contributed by atoms with E-state index in [9.17, 15) is 0 Å². The number of hydrogen-bond acceptors (Lipinski definition) is 1. The number of allylic oxidation sites excluding steroid dienone is 5. The van der Waals surface area contributed by atoms with Crippen LogP contribution in [0.15, 0.2) is 35.6 Å². The van der Waals surface area contributed by atoms with Crippen LogP contribution in [0.25, 0.3) is 0 Å². The summed E-state index contributed by atoms with van der Waals surface area (Å²) in [6, 6.07) is 0. The minimum atomic E-state index is 0.572. The topological polar surface area (TPSA) is 3.24 Å². The first-order chi connectivity index (χ1) is 11.1. The molecule has 2 aliphatic carbocycles. The molecule has 1 fully saturated rings. The fraction of sp³-hybridized carbons (Fsp3) is 0.727. The summed E-state index contributed by atoms with van der Waals surface area (Å²) in [4.78, 5) is 2.61. The van der Waals surface area contributed by atoms with Gasteiger partial charge in [-0.25, -0.2) is 0 Å². The highest BCUT2D eigenvalue weighted by Gasteiger charge is 2.41. The molecule has 0 bridgehead atoms. The van der Waals surface area contributed by atoms with Gasteiger partial charge in [0.1, 0.15) is 0 Å². The summed E-state index contributed by atoms with van der Waals surface area (Å²) < 4.78 is 0. The molecule has 2 atom stereocenters. The van der Waals surface area contributed by atoms with Crippen molar-refractivity contribution in [3.8, 4) is 0 Å². The SMILES string of the molecule is C=C(CC(C)CC)N1CCC2(CCC3=C(CCC=C3)C2)C1.CC. The van der Waals surface area contributed by atoms with Crippen LogP contribution in [0.1, 0.15) is 79.1 Å². The molecule has 0 aromatic heterocycles. The summed E-state index contributed by atoms with van der Waals surface area (Å²) >= 11 is 0. The van der Waals surface area contributed by atoms with Gasteiger partial charge in [-0.15, -0.1) is 0 Å². The van der Waals surface area contributed by atoms with E-state index in [-0.39, 0.29) is 0 Å². The Bertz CT molecular complexity index is 470. The van der Waals surface area contributed by atoms with Crippen LogP contribution in [0.3, 0.4) is 0 Å². The summed E-state index contributed by atoms with van der Waals surface area (Å²) in [5.41, 5.74) is 5.41. The zero-order chi connectivity index (χ0) is 16.9. The van der Waals surface area contributed by atoms with Gasteiger partial charge >= 0.3 is 0 Å². The second kappa shape index (κ2) is 8.22. The molecule has 2 unspecified atom stereocenters. The minimum absolute atomic E-state index is 0.572.